The van der Waals surface area contributed by atoms with Crippen molar-refractivity contribution in [1.29, 1.82) is 0 Å². The van der Waals surface area contributed by atoms with Crippen LogP contribution in [-0.2, 0) is 0 Å². The van der Waals surface area contributed by atoms with E-state index >= 15 is 0 Å². The van der Waals surface area contributed by atoms with Crippen molar-refractivity contribution in [2.24, 2.45) is 0 Å². The first-order valence-corrected chi connectivity index (χ1v) is 11.6. The molecule has 0 radical (unpaired) electrons. The molecule has 1 N–H and O–H groups in total. The largest absolute Gasteiger partial charge is 0.491 e. The van der Waals surface area contributed by atoms with Crippen LogP contribution in [0.5, 0.6) is 5.75 Å². The van der Waals surface area contributed by atoms with Crippen molar-refractivity contribution in [2.45, 2.75) is 32.0 Å². The number of hydrogen-bond acceptors (Lipinski definition) is 3. The van der Waals surface area contributed by atoms with E-state index < -0.39 is 0 Å². The summed E-state index contributed by atoms with van der Waals surface area (Å²) in [5.74, 6) is 0.544. The lowest BCUT2D eigenvalue weighted by Gasteiger charge is -2.29. The third-order valence-corrected chi connectivity index (χ3v) is 6.09. The van der Waals surface area contributed by atoms with Gasteiger partial charge in [-0.05, 0) is 98.9 Å². The first kappa shape index (κ1) is 22.1. The van der Waals surface area contributed by atoms with E-state index in [1.165, 1.54) is 12.1 Å². The molecule has 3 heterocycles. The summed E-state index contributed by atoms with van der Waals surface area (Å²) in [6.45, 7) is 4.01. The number of pyridine rings is 1. The van der Waals surface area contributed by atoms with E-state index in [-0.39, 0.29) is 24.0 Å². The second kappa shape index (κ2) is 9.27. The Morgan fingerprint density at radius 1 is 0.941 bits per heavy atom. The second-order valence-corrected chi connectivity index (χ2v) is 8.82. The van der Waals surface area contributed by atoms with Crippen LogP contribution in [0, 0.1) is 5.82 Å². The number of nitrogens with one attached hydrogen (secondary N) is 1. The molecule has 0 aliphatic carbocycles. The van der Waals surface area contributed by atoms with Gasteiger partial charge in [-0.15, -0.1) is 0 Å². The fraction of sp³-hybridized carbons (Fsp3) is 0.185. The number of anilines is 1. The predicted molar refractivity (Wildman–Crippen MR) is 136 cm³/mol. The molecule has 5 nitrogen and oxygen atoms in total. The lowest BCUT2D eigenvalue weighted by molar-refractivity contribution is 0.242. The van der Waals surface area contributed by atoms with E-state index in [2.05, 4.69) is 25.8 Å². The van der Waals surface area contributed by atoms with Crippen molar-refractivity contribution < 1.29 is 9.13 Å². The summed E-state index contributed by atoms with van der Waals surface area (Å²) in [5.41, 5.74) is 3.73. The molecule has 5 rings (SSSR count). The summed E-state index contributed by atoms with van der Waals surface area (Å²) in [4.78, 5) is 6.73. The Hall–Kier alpha value is -3.71. The second-order valence-electron chi connectivity index (χ2n) is 8.44. The SMILES string of the molecule is CC(C)Oc1ccc(N2C(=S)NC(c3ccccn3)C2c2cccn2-c2ccc(F)cc2)cc1. The standard InChI is InChI=1S/C27H25FN4OS/c1-18(2)33-22-14-12-21(13-15-22)32-26(25(30-27(32)34)23-6-3-4-16-29-23)24-7-5-17-31(24)20-10-8-19(28)9-11-20/h3-18,25-26H,1-2H3,(H,30,34). The smallest absolute Gasteiger partial charge is 0.174 e. The molecule has 0 amide bonds. The maximum absolute atomic E-state index is 13.6. The van der Waals surface area contributed by atoms with Gasteiger partial charge in [-0.2, -0.15) is 0 Å². The Kier molecular flexibility index (Phi) is 6.02. The van der Waals surface area contributed by atoms with Crippen LogP contribution in [-0.4, -0.2) is 20.8 Å². The summed E-state index contributed by atoms with van der Waals surface area (Å²) in [5, 5.41) is 4.10. The maximum Gasteiger partial charge on any atom is 0.174 e. The van der Waals surface area contributed by atoms with E-state index in [0.717, 1.165) is 28.5 Å². The first-order chi connectivity index (χ1) is 16.5. The number of ether oxygens (including phenoxy) is 1. The fourth-order valence-corrected chi connectivity index (χ4v) is 4.71. The van der Waals surface area contributed by atoms with Gasteiger partial charge in [-0.1, -0.05) is 6.07 Å². The third-order valence-electron chi connectivity index (χ3n) is 5.77. The Balaban J connectivity index is 1.60. The van der Waals surface area contributed by atoms with Crippen LogP contribution < -0.4 is 15.0 Å². The highest BCUT2D eigenvalue weighted by Crippen LogP contribution is 2.42. The van der Waals surface area contributed by atoms with Crippen LogP contribution in [0.15, 0.2) is 91.3 Å². The van der Waals surface area contributed by atoms with Crippen LogP contribution >= 0.6 is 12.2 Å². The molecule has 2 atom stereocenters. The topological polar surface area (TPSA) is 42.3 Å². The number of nitrogens with zero attached hydrogens (tertiary/aromatic N) is 3. The summed E-state index contributed by atoms with van der Waals surface area (Å²) in [6.07, 6.45) is 3.87. The Labute approximate surface area is 203 Å². The number of thiocarbonyl (C=S) groups is 1. The van der Waals surface area contributed by atoms with Gasteiger partial charge in [0.2, 0.25) is 0 Å². The number of rotatable bonds is 6. The Morgan fingerprint density at radius 2 is 1.68 bits per heavy atom. The normalized spacial score (nSPS) is 17.8. The molecule has 4 aromatic rings. The summed E-state index contributed by atoms with van der Waals surface area (Å²) >= 11 is 5.83. The van der Waals surface area contributed by atoms with Gasteiger partial charge in [0.15, 0.2) is 5.11 Å². The van der Waals surface area contributed by atoms with Crippen molar-refractivity contribution in [3.63, 3.8) is 0 Å². The molecule has 1 saturated heterocycles. The zero-order valence-electron chi connectivity index (χ0n) is 18.9. The van der Waals surface area contributed by atoms with Gasteiger partial charge >= 0.3 is 0 Å². The minimum absolute atomic E-state index is 0.0978. The molecule has 2 aromatic carbocycles. The minimum atomic E-state index is -0.266. The maximum atomic E-state index is 13.6. The van der Waals surface area contributed by atoms with Gasteiger partial charge in [0.05, 0.1) is 17.8 Å². The molecule has 172 valence electrons. The minimum Gasteiger partial charge on any atom is -0.491 e. The van der Waals surface area contributed by atoms with Gasteiger partial charge in [-0.25, -0.2) is 4.39 Å². The van der Waals surface area contributed by atoms with Crippen LogP contribution in [0.2, 0.25) is 0 Å². The zero-order chi connectivity index (χ0) is 23.7. The van der Waals surface area contributed by atoms with Gasteiger partial charge in [0.25, 0.3) is 0 Å². The molecule has 7 heteroatoms. The molecule has 0 saturated carbocycles. The lowest BCUT2D eigenvalue weighted by atomic mass is 10.0. The average Bonchev–Trinajstić information content (AvgIpc) is 3.45. The van der Waals surface area contributed by atoms with Crippen LogP contribution in [0.3, 0.4) is 0 Å². The average molecular weight is 473 g/mol. The van der Waals surface area contributed by atoms with Crippen molar-refractivity contribution >= 4 is 23.0 Å². The number of hydrogen-bond donors (Lipinski definition) is 1. The van der Waals surface area contributed by atoms with E-state index in [9.17, 15) is 4.39 Å². The zero-order valence-corrected chi connectivity index (χ0v) is 19.7. The monoisotopic (exact) mass is 472 g/mol. The molecular formula is C27H25FN4OS. The van der Waals surface area contributed by atoms with Crippen molar-refractivity contribution in [1.82, 2.24) is 14.9 Å². The molecule has 1 fully saturated rings. The Bertz CT molecular complexity index is 1270. The number of benzene rings is 2. The van der Waals surface area contributed by atoms with Crippen molar-refractivity contribution in [2.75, 3.05) is 4.90 Å². The van der Waals surface area contributed by atoms with Gasteiger partial charge in [0.1, 0.15) is 17.6 Å². The predicted octanol–water partition coefficient (Wildman–Crippen LogP) is 5.98. The van der Waals surface area contributed by atoms with Gasteiger partial charge in [0, 0.05) is 29.5 Å². The molecule has 0 bridgehead atoms. The fourth-order valence-electron chi connectivity index (χ4n) is 4.36. The van der Waals surface area contributed by atoms with Crippen molar-refractivity contribution in [3.05, 3.63) is 108 Å². The van der Waals surface area contributed by atoms with E-state index in [0.29, 0.717) is 5.11 Å². The summed E-state index contributed by atoms with van der Waals surface area (Å²) in [6, 6.07) is 24.0. The molecule has 2 unspecified atom stereocenters. The first-order valence-electron chi connectivity index (χ1n) is 11.2. The van der Waals surface area contributed by atoms with E-state index in [1.54, 1.807) is 18.3 Å². The van der Waals surface area contributed by atoms with E-state index in [4.69, 9.17) is 17.0 Å². The molecule has 1 aliphatic rings. The van der Waals surface area contributed by atoms with Crippen LogP contribution in [0.1, 0.15) is 37.3 Å². The number of halogens is 1. The lowest BCUT2D eigenvalue weighted by Crippen LogP contribution is -2.30. The highest BCUT2D eigenvalue weighted by atomic mass is 32.1. The summed E-state index contributed by atoms with van der Waals surface area (Å²) < 4.78 is 21.5. The quantitative estimate of drug-likeness (QED) is 0.350. The molecule has 1 aliphatic heterocycles. The molecular weight excluding hydrogens is 447 g/mol. The van der Waals surface area contributed by atoms with Gasteiger partial charge in [-0.3, -0.25) is 4.98 Å². The molecule has 34 heavy (non-hydrogen) atoms. The van der Waals surface area contributed by atoms with Crippen molar-refractivity contribution in [3.8, 4) is 11.4 Å². The molecule has 2 aromatic heterocycles. The Morgan fingerprint density at radius 3 is 2.35 bits per heavy atom. The highest BCUT2D eigenvalue weighted by Gasteiger charge is 2.42. The van der Waals surface area contributed by atoms with Crippen LogP contribution in [0.4, 0.5) is 10.1 Å². The van der Waals surface area contributed by atoms with E-state index in [1.807, 2.05) is 68.6 Å². The van der Waals surface area contributed by atoms with Crippen LogP contribution in [0.25, 0.3) is 5.69 Å². The third kappa shape index (κ3) is 4.26. The summed E-state index contributed by atoms with van der Waals surface area (Å²) in [7, 11) is 0. The van der Waals surface area contributed by atoms with Gasteiger partial charge < -0.3 is 19.5 Å². The highest BCUT2D eigenvalue weighted by molar-refractivity contribution is 7.80. The number of aromatic nitrogens is 2. The molecule has 0 spiro atoms.